The van der Waals surface area contributed by atoms with Gasteiger partial charge < -0.3 is 16.0 Å². The molecule has 8 heteroatoms. The van der Waals surface area contributed by atoms with Gasteiger partial charge in [0.15, 0.2) is 0 Å². The monoisotopic (exact) mass is 373 g/mol. The number of anilines is 2. The van der Waals surface area contributed by atoms with Gasteiger partial charge in [0.2, 0.25) is 5.95 Å². The van der Waals surface area contributed by atoms with Gasteiger partial charge >= 0.3 is 0 Å². The number of benzene rings is 1. The maximum atomic E-state index is 13.3. The van der Waals surface area contributed by atoms with Crippen molar-refractivity contribution >= 4 is 17.7 Å². The Hall–Kier alpha value is -2.77. The third-order valence-electron chi connectivity index (χ3n) is 4.86. The molecular weight excluding hydrogens is 352 g/mol. The number of carbonyl (C=O) groups is 1. The van der Waals surface area contributed by atoms with Crippen LogP contribution in [0.3, 0.4) is 0 Å². The quantitative estimate of drug-likeness (QED) is 0.860. The van der Waals surface area contributed by atoms with Crippen molar-refractivity contribution in [3.63, 3.8) is 0 Å². The summed E-state index contributed by atoms with van der Waals surface area (Å²) in [6.07, 6.45) is 1.63. The van der Waals surface area contributed by atoms with Crippen LogP contribution in [0, 0.1) is 0 Å². The average molecular weight is 373 g/mol. The number of likely N-dealkylation sites (tertiary alicyclic amines) is 1. The molecule has 0 atom stereocenters. The zero-order chi connectivity index (χ0) is 19.0. The Morgan fingerprint density at radius 1 is 1.19 bits per heavy atom. The van der Waals surface area contributed by atoms with E-state index in [1.165, 1.54) is 4.90 Å². The van der Waals surface area contributed by atoms with Crippen molar-refractivity contribution in [3.05, 3.63) is 35.9 Å². The number of hydrogen-bond donors (Lipinski definition) is 2. The molecule has 142 valence electrons. The number of halogens is 2. The van der Waals surface area contributed by atoms with Crippen molar-refractivity contribution in [3.8, 4) is 11.3 Å². The molecule has 27 heavy (non-hydrogen) atoms. The van der Waals surface area contributed by atoms with Gasteiger partial charge in [-0.15, -0.1) is 0 Å². The Morgan fingerprint density at radius 3 is 2.63 bits per heavy atom. The standard InChI is InChI=1S/C19H21F2N5O/c20-19(21)6-8-26(9-7-19)17(27)13-3-1-2-12(10-13)15-11-16(23-14-4-5-14)25-18(22)24-15/h1-3,10-11,14H,4-9H2,(H3,22,23,24,25). The van der Waals surface area contributed by atoms with Crippen molar-refractivity contribution in [2.75, 3.05) is 24.1 Å². The minimum Gasteiger partial charge on any atom is -0.368 e. The Morgan fingerprint density at radius 2 is 1.93 bits per heavy atom. The van der Waals surface area contributed by atoms with Crippen molar-refractivity contribution in [2.24, 2.45) is 0 Å². The van der Waals surface area contributed by atoms with Gasteiger partial charge in [0, 0.05) is 49.2 Å². The summed E-state index contributed by atoms with van der Waals surface area (Å²) in [5, 5.41) is 3.29. The Labute approximate surface area is 155 Å². The number of amides is 1. The highest BCUT2D eigenvalue weighted by Crippen LogP contribution is 2.30. The summed E-state index contributed by atoms with van der Waals surface area (Å²) < 4.78 is 26.7. The van der Waals surface area contributed by atoms with Gasteiger partial charge in [0.05, 0.1) is 5.69 Å². The number of alkyl halides is 2. The highest BCUT2D eigenvalue weighted by atomic mass is 19.3. The number of piperidine rings is 1. The predicted molar refractivity (Wildman–Crippen MR) is 98.6 cm³/mol. The molecule has 2 aliphatic rings. The second kappa shape index (κ2) is 6.75. The van der Waals surface area contributed by atoms with Crippen LogP contribution in [-0.4, -0.2) is 45.8 Å². The van der Waals surface area contributed by atoms with Crippen molar-refractivity contribution in [2.45, 2.75) is 37.6 Å². The van der Waals surface area contributed by atoms with Crippen molar-refractivity contribution in [1.82, 2.24) is 14.9 Å². The summed E-state index contributed by atoms with van der Waals surface area (Å²) in [7, 11) is 0. The fourth-order valence-corrected chi connectivity index (χ4v) is 3.16. The van der Waals surface area contributed by atoms with Gasteiger partial charge in [-0.25, -0.2) is 13.8 Å². The normalized spacial score (nSPS) is 19.0. The first-order valence-electron chi connectivity index (χ1n) is 9.08. The van der Waals surface area contributed by atoms with E-state index >= 15 is 0 Å². The van der Waals surface area contributed by atoms with Crippen LogP contribution in [0.4, 0.5) is 20.5 Å². The molecule has 2 fully saturated rings. The third kappa shape index (κ3) is 4.15. The molecule has 1 amide bonds. The molecule has 0 unspecified atom stereocenters. The van der Waals surface area contributed by atoms with E-state index in [0.717, 1.165) is 18.4 Å². The summed E-state index contributed by atoms with van der Waals surface area (Å²) in [5.74, 6) is -2.10. The van der Waals surface area contributed by atoms with Crippen LogP contribution in [0.25, 0.3) is 11.3 Å². The molecule has 1 aromatic carbocycles. The fourth-order valence-electron chi connectivity index (χ4n) is 3.16. The zero-order valence-electron chi connectivity index (χ0n) is 14.8. The zero-order valence-corrected chi connectivity index (χ0v) is 14.8. The van der Waals surface area contributed by atoms with Crippen LogP contribution < -0.4 is 11.1 Å². The van der Waals surface area contributed by atoms with E-state index < -0.39 is 5.92 Å². The van der Waals surface area contributed by atoms with Gasteiger partial charge in [-0.2, -0.15) is 4.98 Å². The molecule has 1 aromatic heterocycles. The number of nitrogen functional groups attached to an aromatic ring is 1. The number of nitrogens with one attached hydrogen (secondary N) is 1. The summed E-state index contributed by atoms with van der Waals surface area (Å²) in [5.41, 5.74) is 7.62. The molecule has 3 N–H and O–H groups in total. The van der Waals surface area contributed by atoms with Crippen molar-refractivity contribution in [1.29, 1.82) is 0 Å². The lowest BCUT2D eigenvalue weighted by Crippen LogP contribution is -2.42. The summed E-state index contributed by atoms with van der Waals surface area (Å²) >= 11 is 0. The lowest BCUT2D eigenvalue weighted by molar-refractivity contribution is -0.0494. The molecule has 2 aromatic rings. The Kier molecular flexibility index (Phi) is 4.41. The van der Waals surface area contributed by atoms with Gasteiger partial charge in [0.1, 0.15) is 5.82 Å². The molecule has 0 radical (unpaired) electrons. The highest BCUT2D eigenvalue weighted by Gasteiger charge is 2.35. The molecule has 0 bridgehead atoms. The van der Waals surface area contributed by atoms with Gasteiger partial charge in [-0.3, -0.25) is 4.79 Å². The Balaban J connectivity index is 1.55. The van der Waals surface area contributed by atoms with E-state index in [1.54, 1.807) is 24.3 Å². The predicted octanol–water partition coefficient (Wildman–Crippen LogP) is 3.17. The summed E-state index contributed by atoms with van der Waals surface area (Å²) in [6, 6.07) is 9.23. The first-order valence-corrected chi connectivity index (χ1v) is 9.08. The number of carbonyl (C=O) groups excluding carboxylic acids is 1. The minimum absolute atomic E-state index is 0.0615. The summed E-state index contributed by atoms with van der Waals surface area (Å²) in [4.78, 5) is 22.6. The first kappa shape index (κ1) is 17.6. The van der Waals surface area contributed by atoms with E-state index in [1.807, 2.05) is 6.07 Å². The topological polar surface area (TPSA) is 84.1 Å². The van der Waals surface area contributed by atoms with Gasteiger partial charge in [-0.1, -0.05) is 12.1 Å². The second-order valence-electron chi connectivity index (χ2n) is 7.14. The number of nitrogens with two attached hydrogens (primary N) is 1. The van der Waals surface area contributed by atoms with E-state index in [2.05, 4.69) is 15.3 Å². The van der Waals surface area contributed by atoms with E-state index in [4.69, 9.17) is 5.73 Å². The molecule has 6 nitrogen and oxygen atoms in total. The largest absolute Gasteiger partial charge is 0.368 e. The Bertz CT molecular complexity index is 859. The molecule has 4 rings (SSSR count). The smallest absolute Gasteiger partial charge is 0.253 e. The molecule has 0 spiro atoms. The third-order valence-corrected chi connectivity index (χ3v) is 4.86. The van der Waals surface area contributed by atoms with E-state index in [-0.39, 0.29) is 37.8 Å². The van der Waals surface area contributed by atoms with Crippen LogP contribution >= 0.6 is 0 Å². The molecule has 1 aliphatic carbocycles. The second-order valence-corrected chi connectivity index (χ2v) is 7.14. The minimum atomic E-state index is -2.68. The number of hydrogen-bond acceptors (Lipinski definition) is 5. The van der Waals surface area contributed by atoms with Crippen LogP contribution in [0.5, 0.6) is 0 Å². The fraction of sp³-hybridized carbons (Fsp3) is 0.421. The van der Waals surface area contributed by atoms with Gasteiger partial charge in [-0.05, 0) is 25.0 Å². The summed E-state index contributed by atoms with van der Waals surface area (Å²) in [6.45, 7) is 0.123. The van der Waals surface area contributed by atoms with Crippen LogP contribution in [0.2, 0.25) is 0 Å². The first-order chi connectivity index (χ1) is 12.9. The molecule has 2 heterocycles. The average Bonchev–Trinajstić information content (AvgIpc) is 3.45. The van der Waals surface area contributed by atoms with E-state index in [0.29, 0.717) is 23.1 Å². The van der Waals surface area contributed by atoms with Crippen LogP contribution in [0.1, 0.15) is 36.0 Å². The SMILES string of the molecule is Nc1nc(NC2CC2)cc(-c2cccc(C(=O)N3CCC(F)(F)CC3)c2)n1. The number of aromatic nitrogens is 2. The van der Waals surface area contributed by atoms with E-state index in [9.17, 15) is 13.6 Å². The molecule has 1 saturated heterocycles. The van der Waals surface area contributed by atoms with Crippen LogP contribution in [0.15, 0.2) is 30.3 Å². The van der Waals surface area contributed by atoms with Gasteiger partial charge in [0.25, 0.3) is 11.8 Å². The number of rotatable bonds is 4. The number of nitrogens with zero attached hydrogens (tertiary/aromatic N) is 3. The lowest BCUT2D eigenvalue weighted by atomic mass is 10.0. The maximum Gasteiger partial charge on any atom is 0.253 e. The van der Waals surface area contributed by atoms with Crippen molar-refractivity contribution < 1.29 is 13.6 Å². The molecule has 1 aliphatic heterocycles. The lowest BCUT2D eigenvalue weighted by Gasteiger charge is -2.31. The highest BCUT2D eigenvalue weighted by molar-refractivity contribution is 5.95. The van der Waals surface area contributed by atoms with Crippen LogP contribution in [-0.2, 0) is 0 Å². The molecule has 1 saturated carbocycles. The maximum absolute atomic E-state index is 13.3. The molecular formula is C19H21F2N5O.